The first-order chi connectivity index (χ1) is 14.3. The zero-order chi connectivity index (χ0) is 21.4. The van der Waals surface area contributed by atoms with Crippen LogP contribution in [0.5, 0.6) is 0 Å². The molecule has 0 aliphatic carbocycles. The molecule has 1 aliphatic heterocycles. The van der Waals surface area contributed by atoms with Gasteiger partial charge in [-0.1, -0.05) is 65.9 Å². The lowest BCUT2D eigenvalue weighted by molar-refractivity contribution is -0.255. The highest BCUT2D eigenvalue weighted by Gasteiger charge is 2.34. The van der Waals surface area contributed by atoms with Crippen LogP contribution in [0.4, 0.5) is 5.69 Å². The highest BCUT2D eigenvalue weighted by Crippen LogP contribution is 2.38. The molecule has 0 atom stereocenters. The van der Waals surface area contributed by atoms with Gasteiger partial charge in [0, 0.05) is 11.6 Å². The minimum atomic E-state index is -1.23. The monoisotopic (exact) mass is 434 g/mol. The zero-order valence-electron chi connectivity index (χ0n) is 16.2. The number of carboxylic acids is 1. The molecule has 1 aromatic heterocycles. The quantitative estimate of drug-likeness (QED) is 0.449. The van der Waals surface area contributed by atoms with Gasteiger partial charge in [0.1, 0.15) is 11.5 Å². The van der Waals surface area contributed by atoms with Crippen LogP contribution in [0, 0.1) is 13.8 Å². The van der Waals surface area contributed by atoms with Crippen molar-refractivity contribution in [1.29, 1.82) is 0 Å². The lowest BCUT2D eigenvalue weighted by atomic mass is 10.1. The van der Waals surface area contributed by atoms with Gasteiger partial charge in [0.2, 0.25) is 0 Å². The van der Waals surface area contributed by atoms with Crippen molar-refractivity contribution < 1.29 is 19.1 Å². The van der Waals surface area contributed by atoms with E-state index in [1.807, 2.05) is 32.0 Å². The molecule has 4 rings (SSSR count). The van der Waals surface area contributed by atoms with Crippen molar-refractivity contribution in [3.8, 4) is 11.3 Å². The predicted octanol–water partition coefficient (Wildman–Crippen LogP) is 4.33. The van der Waals surface area contributed by atoms with E-state index in [9.17, 15) is 14.7 Å². The minimum Gasteiger partial charge on any atom is -0.545 e. The molecule has 5 nitrogen and oxygen atoms in total. The van der Waals surface area contributed by atoms with Gasteiger partial charge >= 0.3 is 0 Å². The van der Waals surface area contributed by atoms with Crippen molar-refractivity contribution in [2.24, 2.45) is 0 Å². The molecule has 3 aromatic rings. The number of anilines is 1. The Morgan fingerprint density at radius 3 is 2.50 bits per heavy atom. The van der Waals surface area contributed by atoms with E-state index in [2.05, 4.69) is 0 Å². The molecule has 0 spiro atoms. The number of amides is 1. The second-order valence-electron chi connectivity index (χ2n) is 6.87. The summed E-state index contributed by atoms with van der Waals surface area (Å²) in [6, 6.07) is 15.6. The number of carboxylic acid groups (broad SMARTS) is 1. The maximum Gasteiger partial charge on any atom is 0.270 e. The van der Waals surface area contributed by atoms with Crippen LogP contribution in [0.2, 0.25) is 0 Å². The predicted molar refractivity (Wildman–Crippen MR) is 120 cm³/mol. The fraction of sp³-hybridized carbons (Fsp3) is 0.0870. The SMILES string of the molecule is Cc1ccc(N2C(=O)/C(=C\c3ccc(-c4ccc(C(=O)[O-])cc4)o3)SC2=S)c(C)c1. The molecule has 150 valence electrons. The summed E-state index contributed by atoms with van der Waals surface area (Å²) in [6.45, 7) is 3.96. The molecular formula is C23H16NO4S2-. The summed E-state index contributed by atoms with van der Waals surface area (Å²) >= 11 is 6.68. The highest BCUT2D eigenvalue weighted by molar-refractivity contribution is 8.27. The fourth-order valence-corrected chi connectivity index (χ4v) is 4.48. The summed E-state index contributed by atoms with van der Waals surface area (Å²) in [7, 11) is 0. The summed E-state index contributed by atoms with van der Waals surface area (Å²) in [5, 5.41) is 10.9. The Labute approximate surface area is 183 Å². The van der Waals surface area contributed by atoms with E-state index < -0.39 is 5.97 Å². The molecule has 0 saturated carbocycles. The smallest absolute Gasteiger partial charge is 0.270 e. The maximum absolute atomic E-state index is 13.0. The lowest BCUT2D eigenvalue weighted by Crippen LogP contribution is -2.28. The molecule has 2 aromatic carbocycles. The van der Waals surface area contributed by atoms with Gasteiger partial charge in [0.15, 0.2) is 4.32 Å². The zero-order valence-corrected chi connectivity index (χ0v) is 17.8. The van der Waals surface area contributed by atoms with Crippen molar-refractivity contribution in [2.45, 2.75) is 13.8 Å². The van der Waals surface area contributed by atoms with Gasteiger partial charge < -0.3 is 14.3 Å². The Kier molecular flexibility index (Phi) is 5.32. The van der Waals surface area contributed by atoms with Crippen molar-refractivity contribution in [3.05, 3.63) is 82.0 Å². The molecule has 0 N–H and O–H groups in total. The van der Waals surface area contributed by atoms with Crippen molar-refractivity contribution >= 4 is 51.9 Å². The van der Waals surface area contributed by atoms with Crippen LogP contribution < -0.4 is 10.0 Å². The van der Waals surface area contributed by atoms with E-state index in [0.29, 0.717) is 20.7 Å². The molecule has 30 heavy (non-hydrogen) atoms. The number of benzene rings is 2. The fourth-order valence-electron chi connectivity index (χ4n) is 3.22. The highest BCUT2D eigenvalue weighted by atomic mass is 32.2. The molecule has 0 unspecified atom stereocenters. The van der Waals surface area contributed by atoms with E-state index in [1.165, 1.54) is 23.9 Å². The molecule has 2 heterocycles. The molecule has 1 saturated heterocycles. The van der Waals surface area contributed by atoms with E-state index in [4.69, 9.17) is 16.6 Å². The van der Waals surface area contributed by atoms with Gasteiger partial charge in [-0.3, -0.25) is 9.69 Å². The maximum atomic E-state index is 13.0. The van der Waals surface area contributed by atoms with Crippen LogP contribution in [0.25, 0.3) is 17.4 Å². The number of hydrogen-bond donors (Lipinski definition) is 0. The summed E-state index contributed by atoms with van der Waals surface area (Å²) in [4.78, 5) is 25.9. The first-order valence-corrected chi connectivity index (χ1v) is 10.3. The third kappa shape index (κ3) is 3.81. The molecule has 1 amide bonds. The summed E-state index contributed by atoms with van der Waals surface area (Å²) in [5.74, 6) is -0.341. The van der Waals surface area contributed by atoms with E-state index in [1.54, 1.807) is 35.2 Å². The molecule has 0 radical (unpaired) electrons. The molecule has 7 heteroatoms. The number of thiocarbonyl (C=S) groups is 1. The Morgan fingerprint density at radius 1 is 1.10 bits per heavy atom. The summed E-state index contributed by atoms with van der Waals surface area (Å²) in [5.41, 5.74) is 3.70. The van der Waals surface area contributed by atoms with Crippen LogP contribution >= 0.6 is 24.0 Å². The van der Waals surface area contributed by atoms with Gasteiger partial charge in [0.25, 0.3) is 5.91 Å². The van der Waals surface area contributed by atoms with Crippen molar-refractivity contribution in [2.75, 3.05) is 4.90 Å². The summed E-state index contributed by atoms with van der Waals surface area (Å²) in [6.07, 6.45) is 1.67. The van der Waals surface area contributed by atoms with Crippen molar-refractivity contribution in [3.63, 3.8) is 0 Å². The topological polar surface area (TPSA) is 73.6 Å². The number of hydrogen-bond acceptors (Lipinski definition) is 6. The lowest BCUT2D eigenvalue weighted by Gasteiger charge is -2.17. The van der Waals surface area contributed by atoms with Gasteiger partial charge in [-0.25, -0.2) is 0 Å². The van der Waals surface area contributed by atoms with Gasteiger partial charge in [-0.05, 0) is 43.2 Å². The number of aryl methyl sites for hydroxylation is 2. The average molecular weight is 435 g/mol. The van der Waals surface area contributed by atoms with Crippen molar-refractivity contribution in [1.82, 2.24) is 0 Å². The van der Waals surface area contributed by atoms with Crippen LogP contribution in [0.3, 0.4) is 0 Å². The first kappa shape index (κ1) is 20.1. The number of furan rings is 1. The molecule has 1 fully saturated rings. The molecular weight excluding hydrogens is 418 g/mol. The third-order valence-corrected chi connectivity index (χ3v) is 5.99. The first-order valence-electron chi connectivity index (χ1n) is 9.10. The number of nitrogens with zero attached hydrogens (tertiary/aromatic N) is 1. The Morgan fingerprint density at radius 2 is 1.83 bits per heavy atom. The van der Waals surface area contributed by atoms with Gasteiger partial charge in [-0.2, -0.15) is 0 Å². The normalized spacial score (nSPS) is 15.3. The third-order valence-electron chi connectivity index (χ3n) is 4.69. The molecule has 0 bridgehead atoms. The van der Waals surface area contributed by atoms with Gasteiger partial charge in [0.05, 0.1) is 16.6 Å². The van der Waals surface area contributed by atoms with E-state index in [-0.39, 0.29) is 11.5 Å². The second kappa shape index (κ2) is 7.93. The number of carbonyl (C=O) groups is 2. The van der Waals surface area contributed by atoms with Crippen LogP contribution in [0.1, 0.15) is 27.2 Å². The largest absolute Gasteiger partial charge is 0.545 e. The molecule has 1 aliphatic rings. The number of rotatable bonds is 4. The second-order valence-corrected chi connectivity index (χ2v) is 8.55. The van der Waals surface area contributed by atoms with Crippen LogP contribution in [-0.2, 0) is 4.79 Å². The average Bonchev–Trinajstić information content (AvgIpc) is 3.28. The Hall–Kier alpha value is -3.16. The van der Waals surface area contributed by atoms with Gasteiger partial charge in [-0.15, -0.1) is 0 Å². The van der Waals surface area contributed by atoms with E-state index >= 15 is 0 Å². The number of carbonyl (C=O) groups excluding carboxylic acids is 2. The Balaban J connectivity index is 1.59. The van der Waals surface area contributed by atoms with Crippen LogP contribution in [-0.4, -0.2) is 16.2 Å². The number of thioether (sulfide) groups is 1. The number of aromatic carboxylic acids is 1. The Bertz CT molecular complexity index is 1210. The standard InChI is InChI=1S/C23H17NO4S2/c1-13-3-9-18(14(2)11-13)24-21(25)20(30-23(24)29)12-17-8-10-19(28-17)15-4-6-16(7-5-15)22(26)27/h3-12H,1-2H3,(H,26,27)/p-1/b20-12+. The van der Waals surface area contributed by atoms with E-state index in [0.717, 1.165) is 22.4 Å². The minimum absolute atomic E-state index is 0.0978. The summed E-state index contributed by atoms with van der Waals surface area (Å²) < 4.78 is 6.30. The van der Waals surface area contributed by atoms with Crippen LogP contribution in [0.15, 0.2) is 63.9 Å².